The van der Waals surface area contributed by atoms with Gasteiger partial charge in [-0.2, -0.15) is 0 Å². The Bertz CT molecular complexity index is 397. The highest BCUT2D eigenvalue weighted by Gasteiger charge is 2.17. The van der Waals surface area contributed by atoms with E-state index in [9.17, 15) is 4.39 Å². The molecule has 0 aromatic heterocycles. The van der Waals surface area contributed by atoms with E-state index in [1.807, 2.05) is 13.8 Å². The average molecular weight is 221 g/mol. The molecule has 1 rings (SSSR count). The fraction of sp³-hybridized carbons (Fsp3) is 0.385. The van der Waals surface area contributed by atoms with E-state index < -0.39 is 0 Å². The first-order chi connectivity index (χ1) is 7.60. The molecule has 16 heavy (non-hydrogen) atoms. The molecule has 2 unspecified atom stereocenters. The van der Waals surface area contributed by atoms with Gasteiger partial charge in [-0.1, -0.05) is 12.0 Å². The monoisotopic (exact) mass is 221 g/mol. The molecule has 2 nitrogen and oxygen atoms in total. The van der Waals surface area contributed by atoms with Gasteiger partial charge in [0, 0.05) is 11.6 Å². The Morgan fingerprint density at radius 3 is 2.69 bits per heavy atom. The van der Waals surface area contributed by atoms with Gasteiger partial charge in [-0.05, 0) is 26.0 Å². The second-order valence-electron chi connectivity index (χ2n) is 3.63. The van der Waals surface area contributed by atoms with Gasteiger partial charge in [0.2, 0.25) is 0 Å². The van der Waals surface area contributed by atoms with Crippen molar-refractivity contribution < 1.29 is 9.13 Å². The van der Waals surface area contributed by atoms with Crippen molar-refractivity contribution in [2.75, 3.05) is 7.11 Å². The molecule has 0 amide bonds. The normalized spacial score (nSPS) is 13.9. The van der Waals surface area contributed by atoms with Crippen LogP contribution in [0.5, 0.6) is 5.75 Å². The SMILES string of the molecule is C#CC(C)NC(C)c1c(F)cccc1OC. The van der Waals surface area contributed by atoms with Crippen molar-refractivity contribution in [1.82, 2.24) is 5.32 Å². The molecule has 0 fully saturated rings. The largest absolute Gasteiger partial charge is 0.496 e. The Morgan fingerprint density at radius 1 is 1.44 bits per heavy atom. The second-order valence-corrected chi connectivity index (χ2v) is 3.63. The van der Waals surface area contributed by atoms with E-state index in [4.69, 9.17) is 11.2 Å². The third-order valence-electron chi connectivity index (χ3n) is 2.42. The smallest absolute Gasteiger partial charge is 0.131 e. The first kappa shape index (κ1) is 12.5. The fourth-order valence-corrected chi connectivity index (χ4v) is 1.62. The Labute approximate surface area is 95.8 Å². The van der Waals surface area contributed by atoms with Crippen molar-refractivity contribution in [3.05, 3.63) is 29.6 Å². The zero-order valence-electron chi connectivity index (χ0n) is 9.75. The molecule has 0 aliphatic heterocycles. The molecule has 0 saturated carbocycles. The zero-order valence-corrected chi connectivity index (χ0v) is 9.75. The predicted octanol–water partition coefficient (Wildman–Crippen LogP) is 2.51. The van der Waals surface area contributed by atoms with Gasteiger partial charge in [0.05, 0.1) is 13.2 Å². The van der Waals surface area contributed by atoms with Crippen LogP contribution in [0, 0.1) is 18.2 Å². The van der Waals surface area contributed by atoms with E-state index in [2.05, 4.69) is 11.2 Å². The molecule has 1 N–H and O–H groups in total. The van der Waals surface area contributed by atoms with E-state index in [0.29, 0.717) is 11.3 Å². The number of benzene rings is 1. The molecule has 0 bridgehead atoms. The highest BCUT2D eigenvalue weighted by molar-refractivity contribution is 5.37. The van der Waals surface area contributed by atoms with Gasteiger partial charge >= 0.3 is 0 Å². The van der Waals surface area contributed by atoms with Crippen molar-refractivity contribution >= 4 is 0 Å². The molecule has 3 heteroatoms. The summed E-state index contributed by atoms with van der Waals surface area (Å²) in [5, 5.41) is 3.11. The lowest BCUT2D eigenvalue weighted by molar-refractivity contribution is 0.392. The van der Waals surface area contributed by atoms with Crippen molar-refractivity contribution in [3.8, 4) is 18.1 Å². The molecular weight excluding hydrogens is 205 g/mol. The maximum absolute atomic E-state index is 13.7. The fourth-order valence-electron chi connectivity index (χ4n) is 1.62. The summed E-state index contributed by atoms with van der Waals surface area (Å²) in [7, 11) is 1.52. The third kappa shape index (κ3) is 2.74. The number of methoxy groups -OCH3 is 1. The Balaban J connectivity index is 2.98. The topological polar surface area (TPSA) is 21.3 Å². The summed E-state index contributed by atoms with van der Waals surface area (Å²) in [5.74, 6) is 2.79. The predicted molar refractivity (Wildman–Crippen MR) is 62.8 cm³/mol. The number of ether oxygens (including phenoxy) is 1. The molecule has 0 heterocycles. The van der Waals surface area contributed by atoms with Crippen LogP contribution in [0.4, 0.5) is 4.39 Å². The molecule has 0 aliphatic carbocycles. The summed E-state index contributed by atoms with van der Waals surface area (Å²) < 4.78 is 18.8. The van der Waals surface area contributed by atoms with Gasteiger partial charge in [0.25, 0.3) is 0 Å². The molecule has 1 aromatic carbocycles. The number of nitrogens with one attached hydrogen (secondary N) is 1. The van der Waals surface area contributed by atoms with Crippen molar-refractivity contribution in [3.63, 3.8) is 0 Å². The minimum atomic E-state index is -0.288. The molecule has 0 aliphatic rings. The molecule has 1 aromatic rings. The summed E-state index contributed by atoms with van der Waals surface area (Å²) in [4.78, 5) is 0. The number of hydrogen-bond donors (Lipinski definition) is 1. The minimum absolute atomic E-state index is 0.112. The Morgan fingerprint density at radius 2 is 2.12 bits per heavy atom. The van der Waals surface area contributed by atoms with Crippen LogP contribution >= 0.6 is 0 Å². The molecule has 0 saturated heterocycles. The maximum Gasteiger partial charge on any atom is 0.131 e. The number of rotatable bonds is 4. The van der Waals surface area contributed by atoms with Crippen molar-refractivity contribution in [2.45, 2.75) is 25.9 Å². The summed E-state index contributed by atoms with van der Waals surface area (Å²) in [5.41, 5.74) is 0.507. The van der Waals surface area contributed by atoms with Gasteiger partial charge in [-0.3, -0.25) is 5.32 Å². The molecule has 0 radical (unpaired) electrons. The van der Waals surface area contributed by atoms with E-state index in [1.165, 1.54) is 13.2 Å². The molecule has 86 valence electrons. The quantitative estimate of drug-likeness (QED) is 0.789. The van der Waals surface area contributed by atoms with Crippen LogP contribution in [0.3, 0.4) is 0 Å². The van der Waals surface area contributed by atoms with Gasteiger partial charge in [-0.15, -0.1) is 6.42 Å². The van der Waals surface area contributed by atoms with Crippen LogP contribution in [0.15, 0.2) is 18.2 Å². The van der Waals surface area contributed by atoms with Crippen molar-refractivity contribution in [1.29, 1.82) is 0 Å². The summed E-state index contributed by atoms with van der Waals surface area (Å²) in [6.45, 7) is 3.71. The summed E-state index contributed by atoms with van der Waals surface area (Å²) in [6, 6.07) is 4.46. The second kappa shape index (κ2) is 5.53. The Hall–Kier alpha value is -1.53. The summed E-state index contributed by atoms with van der Waals surface area (Å²) in [6.07, 6.45) is 5.27. The van der Waals surface area contributed by atoms with Crippen LogP contribution in [0.25, 0.3) is 0 Å². The van der Waals surface area contributed by atoms with Gasteiger partial charge < -0.3 is 4.74 Å². The molecule has 2 atom stereocenters. The lowest BCUT2D eigenvalue weighted by Crippen LogP contribution is -2.28. The highest BCUT2D eigenvalue weighted by Crippen LogP contribution is 2.27. The number of halogens is 1. The van der Waals surface area contributed by atoms with Crippen LogP contribution in [0.2, 0.25) is 0 Å². The summed E-state index contributed by atoms with van der Waals surface area (Å²) >= 11 is 0. The van der Waals surface area contributed by atoms with Crippen LogP contribution in [-0.2, 0) is 0 Å². The minimum Gasteiger partial charge on any atom is -0.496 e. The standard InChI is InChI=1S/C13H16FNO/c1-5-9(2)15-10(3)13-11(14)7-6-8-12(13)16-4/h1,6-10,15H,2-4H3. The van der Waals surface area contributed by atoms with Gasteiger partial charge in [-0.25, -0.2) is 4.39 Å². The van der Waals surface area contributed by atoms with E-state index in [0.717, 1.165) is 0 Å². The number of hydrogen-bond acceptors (Lipinski definition) is 2. The highest BCUT2D eigenvalue weighted by atomic mass is 19.1. The number of terminal acetylenes is 1. The molecule has 0 spiro atoms. The average Bonchev–Trinajstić information content (AvgIpc) is 2.28. The maximum atomic E-state index is 13.7. The molecular formula is C13H16FNO. The van der Waals surface area contributed by atoms with Gasteiger partial charge in [0.1, 0.15) is 11.6 Å². The Kier molecular flexibility index (Phi) is 4.33. The van der Waals surface area contributed by atoms with E-state index in [1.54, 1.807) is 12.1 Å². The van der Waals surface area contributed by atoms with Crippen LogP contribution in [0.1, 0.15) is 25.5 Å². The zero-order chi connectivity index (χ0) is 12.1. The van der Waals surface area contributed by atoms with Crippen molar-refractivity contribution in [2.24, 2.45) is 0 Å². The van der Waals surface area contributed by atoms with E-state index in [-0.39, 0.29) is 17.9 Å². The third-order valence-corrected chi connectivity index (χ3v) is 2.42. The first-order valence-corrected chi connectivity index (χ1v) is 5.14. The van der Waals surface area contributed by atoms with Crippen LogP contribution < -0.4 is 10.1 Å². The van der Waals surface area contributed by atoms with Gasteiger partial charge in [0.15, 0.2) is 0 Å². The van der Waals surface area contributed by atoms with Crippen LogP contribution in [-0.4, -0.2) is 13.2 Å². The van der Waals surface area contributed by atoms with E-state index >= 15 is 0 Å². The first-order valence-electron chi connectivity index (χ1n) is 5.14. The lowest BCUT2D eigenvalue weighted by atomic mass is 10.1. The lowest BCUT2D eigenvalue weighted by Gasteiger charge is -2.19.